The Morgan fingerprint density at radius 1 is 1.38 bits per heavy atom. The number of nitrogens with one attached hydrogen (secondary N) is 1. The van der Waals surface area contributed by atoms with Gasteiger partial charge in [0.2, 0.25) is 10.0 Å². The number of ether oxygens (including phenoxy) is 1. The molecule has 1 N–H and O–H groups in total. The van der Waals surface area contributed by atoms with Crippen LogP contribution in [0.2, 0.25) is 0 Å². The van der Waals surface area contributed by atoms with Crippen molar-refractivity contribution in [1.82, 2.24) is 9.62 Å². The quantitative estimate of drug-likeness (QED) is 0.909. The topological polar surface area (TPSA) is 58.6 Å². The zero-order chi connectivity index (χ0) is 15.0. The first-order chi connectivity index (χ1) is 9.99. The molecule has 0 radical (unpaired) electrons. The van der Waals surface area contributed by atoms with E-state index in [1.165, 1.54) is 0 Å². The van der Waals surface area contributed by atoms with E-state index in [0.717, 1.165) is 37.4 Å². The molecule has 1 fully saturated rings. The van der Waals surface area contributed by atoms with Crippen LogP contribution in [0.3, 0.4) is 0 Å². The number of benzene rings is 1. The molecule has 1 aromatic carbocycles. The van der Waals surface area contributed by atoms with Crippen LogP contribution in [0.25, 0.3) is 0 Å². The van der Waals surface area contributed by atoms with Crippen molar-refractivity contribution in [2.45, 2.75) is 31.2 Å². The van der Waals surface area contributed by atoms with Gasteiger partial charge in [-0.2, -0.15) is 0 Å². The highest BCUT2D eigenvalue weighted by Crippen LogP contribution is 2.28. The van der Waals surface area contributed by atoms with Crippen LogP contribution in [-0.4, -0.2) is 45.6 Å². The van der Waals surface area contributed by atoms with E-state index in [2.05, 4.69) is 23.5 Å². The number of sulfonamides is 1. The van der Waals surface area contributed by atoms with E-state index in [1.54, 1.807) is 18.2 Å². The molecule has 1 aromatic rings. The van der Waals surface area contributed by atoms with Gasteiger partial charge in [-0.15, -0.1) is 0 Å². The van der Waals surface area contributed by atoms with Gasteiger partial charge < -0.3 is 9.64 Å². The van der Waals surface area contributed by atoms with E-state index < -0.39 is 10.0 Å². The first kappa shape index (κ1) is 14.8. The molecular formula is C15H22N2O3S. The molecule has 0 saturated carbocycles. The normalized spacial score (nSPS) is 25.8. The second-order valence-corrected chi connectivity index (χ2v) is 7.64. The fourth-order valence-electron chi connectivity index (χ4n) is 3.08. The maximum atomic E-state index is 12.6. The van der Waals surface area contributed by atoms with Crippen molar-refractivity contribution in [3.05, 3.63) is 23.8 Å². The first-order valence-electron chi connectivity index (χ1n) is 7.50. The summed E-state index contributed by atoms with van der Waals surface area (Å²) in [6, 6.07) is 5.11. The molecule has 2 unspecified atom stereocenters. The van der Waals surface area contributed by atoms with Crippen LogP contribution in [0.1, 0.15) is 19.4 Å². The van der Waals surface area contributed by atoms with Crippen LogP contribution in [-0.2, 0) is 16.4 Å². The molecule has 6 heteroatoms. The summed E-state index contributed by atoms with van der Waals surface area (Å²) in [5, 5.41) is 0. The van der Waals surface area contributed by atoms with Crippen LogP contribution in [0.4, 0.5) is 0 Å². The lowest BCUT2D eigenvalue weighted by Crippen LogP contribution is -2.39. The molecule has 0 spiro atoms. The monoisotopic (exact) mass is 310 g/mol. The Bertz CT molecular complexity index is 630. The number of fused-ring (bicyclic) bond motifs is 1. The Kier molecular flexibility index (Phi) is 3.94. The number of hydrogen-bond acceptors (Lipinski definition) is 4. The van der Waals surface area contributed by atoms with Gasteiger partial charge in [-0.3, -0.25) is 0 Å². The van der Waals surface area contributed by atoms with Crippen LogP contribution in [0.15, 0.2) is 23.1 Å². The van der Waals surface area contributed by atoms with Gasteiger partial charge >= 0.3 is 0 Å². The van der Waals surface area contributed by atoms with Crippen LogP contribution in [0, 0.1) is 5.92 Å². The summed E-state index contributed by atoms with van der Waals surface area (Å²) < 4.78 is 33.4. The van der Waals surface area contributed by atoms with E-state index in [-0.39, 0.29) is 6.04 Å². The van der Waals surface area contributed by atoms with Crippen LogP contribution < -0.4 is 9.46 Å². The Balaban J connectivity index is 1.78. The lowest BCUT2D eigenvalue weighted by molar-refractivity contribution is 0.344. The van der Waals surface area contributed by atoms with Gasteiger partial charge in [0.1, 0.15) is 5.75 Å². The molecule has 116 valence electrons. The Hall–Kier alpha value is -1.11. The SMILES string of the molecule is CCN1CC(C)C(NS(=O)(=O)c2ccc3c(c2)CCO3)C1. The van der Waals surface area contributed by atoms with E-state index in [0.29, 0.717) is 17.4 Å². The molecule has 2 aliphatic rings. The van der Waals surface area contributed by atoms with Crippen molar-refractivity contribution in [3.8, 4) is 5.75 Å². The summed E-state index contributed by atoms with van der Waals surface area (Å²) in [7, 11) is -3.46. The van der Waals surface area contributed by atoms with Crippen molar-refractivity contribution in [3.63, 3.8) is 0 Å². The van der Waals surface area contributed by atoms with E-state index in [1.807, 2.05) is 0 Å². The summed E-state index contributed by atoms with van der Waals surface area (Å²) in [5.41, 5.74) is 0.979. The molecule has 1 saturated heterocycles. The Morgan fingerprint density at radius 2 is 2.19 bits per heavy atom. The Morgan fingerprint density at radius 3 is 2.90 bits per heavy atom. The second kappa shape index (κ2) is 5.59. The van der Waals surface area contributed by atoms with Crippen molar-refractivity contribution in [1.29, 1.82) is 0 Å². The van der Waals surface area contributed by atoms with Gasteiger partial charge in [0.05, 0.1) is 11.5 Å². The van der Waals surface area contributed by atoms with Crippen LogP contribution in [0.5, 0.6) is 5.75 Å². The van der Waals surface area contributed by atoms with Crippen molar-refractivity contribution >= 4 is 10.0 Å². The summed E-state index contributed by atoms with van der Waals surface area (Å²) >= 11 is 0. The molecule has 2 heterocycles. The third-order valence-corrected chi connectivity index (χ3v) is 5.90. The summed E-state index contributed by atoms with van der Waals surface area (Å²) in [4.78, 5) is 2.61. The number of likely N-dealkylation sites (tertiary alicyclic amines) is 1. The second-order valence-electron chi connectivity index (χ2n) is 5.93. The van der Waals surface area contributed by atoms with E-state index in [4.69, 9.17) is 4.74 Å². The van der Waals surface area contributed by atoms with Crippen molar-refractivity contribution < 1.29 is 13.2 Å². The fourth-order valence-corrected chi connectivity index (χ4v) is 4.46. The minimum Gasteiger partial charge on any atom is -0.493 e. The zero-order valence-electron chi connectivity index (χ0n) is 12.5. The molecule has 0 aromatic heterocycles. The maximum absolute atomic E-state index is 12.6. The third-order valence-electron chi connectivity index (χ3n) is 4.41. The molecule has 3 rings (SSSR count). The lowest BCUT2D eigenvalue weighted by Gasteiger charge is -2.17. The van der Waals surface area contributed by atoms with Gasteiger partial charge in [-0.05, 0) is 36.2 Å². The van der Waals surface area contributed by atoms with Gasteiger partial charge in [0, 0.05) is 25.6 Å². The number of hydrogen-bond donors (Lipinski definition) is 1. The number of rotatable bonds is 4. The number of nitrogens with zero attached hydrogens (tertiary/aromatic N) is 1. The van der Waals surface area contributed by atoms with Gasteiger partial charge in [-0.1, -0.05) is 13.8 Å². The van der Waals surface area contributed by atoms with E-state index >= 15 is 0 Å². The third kappa shape index (κ3) is 2.93. The molecule has 5 nitrogen and oxygen atoms in total. The highest BCUT2D eigenvalue weighted by atomic mass is 32.2. The molecule has 0 aliphatic carbocycles. The van der Waals surface area contributed by atoms with Crippen molar-refractivity contribution in [2.75, 3.05) is 26.2 Å². The maximum Gasteiger partial charge on any atom is 0.240 e. The minimum atomic E-state index is -3.46. The predicted molar refractivity (Wildman–Crippen MR) is 81.0 cm³/mol. The number of likely N-dealkylation sites (N-methyl/N-ethyl adjacent to an activating group) is 1. The summed E-state index contributed by atoms with van der Waals surface area (Å²) in [5.74, 6) is 1.14. The lowest BCUT2D eigenvalue weighted by atomic mass is 10.1. The minimum absolute atomic E-state index is 0.0144. The van der Waals surface area contributed by atoms with Gasteiger partial charge in [-0.25, -0.2) is 13.1 Å². The predicted octanol–water partition coefficient (Wildman–Crippen LogP) is 1.24. The molecule has 21 heavy (non-hydrogen) atoms. The fraction of sp³-hybridized carbons (Fsp3) is 0.600. The highest BCUT2D eigenvalue weighted by molar-refractivity contribution is 7.89. The largest absolute Gasteiger partial charge is 0.493 e. The molecule has 2 aliphatic heterocycles. The summed E-state index contributed by atoms with van der Waals surface area (Å²) in [6.07, 6.45) is 0.780. The van der Waals surface area contributed by atoms with E-state index in [9.17, 15) is 8.42 Å². The molecule has 2 atom stereocenters. The van der Waals surface area contributed by atoms with Gasteiger partial charge in [0.25, 0.3) is 0 Å². The average molecular weight is 310 g/mol. The average Bonchev–Trinajstić information content (AvgIpc) is 3.04. The van der Waals surface area contributed by atoms with Crippen LogP contribution >= 0.6 is 0 Å². The Labute approximate surface area is 126 Å². The van der Waals surface area contributed by atoms with Gasteiger partial charge in [0.15, 0.2) is 0 Å². The smallest absolute Gasteiger partial charge is 0.240 e. The first-order valence-corrected chi connectivity index (χ1v) is 8.98. The molecular weight excluding hydrogens is 288 g/mol. The highest BCUT2D eigenvalue weighted by Gasteiger charge is 2.32. The summed E-state index contributed by atoms with van der Waals surface area (Å²) in [6.45, 7) is 7.52. The zero-order valence-corrected chi connectivity index (χ0v) is 13.3. The molecule has 0 bridgehead atoms. The standard InChI is InChI=1S/C15H22N2O3S/c1-3-17-9-11(2)14(10-17)16-21(18,19)13-4-5-15-12(8-13)6-7-20-15/h4-5,8,11,14,16H,3,6-7,9-10H2,1-2H3. The van der Waals surface area contributed by atoms with Crippen molar-refractivity contribution in [2.24, 2.45) is 5.92 Å². The molecule has 0 amide bonds.